The topological polar surface area (TPSA) is 60.4 Å². The van der Waals surface area contributed by atoms with Gasteiger partial charge in [0.05, 0.1) is 5.57 Å². The van der Waals surface area contributed by atoms with Crippen LogP contribution in [-0.4, -0.2) is 17.5 Å². The van der Waals surface area contributed by atoms with Gasteiger partial charge in [0, 0.05) is 22.6 Å². The van der Waals surface area contributed by atoms with Crippen LogP contribution in [0.15, 0.2) is 59.9 Å². The van der Waals surface area contributed by atoms with Crippen LogP contribution < -0.4 is 0 Å². The summed E-state index contributed by atoms with van der Waals surface area (Å²) in [6, 6.07) is 14.8. The predicted octanol–water partition coefficient (Wildman–Crippen LogP) is 9.41. The zero-order chi connectivity index (χ0) is 27.6. The average molecular weight is 549 g/mol. The molecule has 1 saturated carbocycles. The molecule has 0 heterocycles. The number of ether oxygens (including phenoxy) is 1. The molecule has 208 valence electrons. The Bertz CT molecular complexity index is 1170. The molecule has 5 heteroatoms. The molecule has 0 amide bonds. The molecule has 4 nitrogen and oxygen atoms in total. The van der Waals surface area contributed by atoms with Gasteiger partial charge in [0.25, 0.3) is 0 Å². The molecular formula is C34H41ClO4. The van der Waals surface area contributed by atoms with E-state index in [-0.39, 0.29) is 29.7 Å². The van der Waals surface area contributed by atoms with Crippen LogP contribution in [0.3, 0.4) is 0 Å². The molecule has 0 atom stereocenters. The summed E-state index contributed by atoms with van der Waals surface area (Å²) in [5.41, 5.74) is 2.38. The number of allylic oxidation sites excluding steroid dienone is 2. The van der Waals surface area contributed by atoms with Crippen LogP contribution in [0.1, 0.15) is 129 Å². The van der Waals surface area contributed by atoms with Crippen molar-refractivity contribution in [2.45, 2.75) is 103 Å². The van der Waals surface area contributed by atoms with E-state index < -0.39 is 5.97 Å². The Morgan fingerprint density at radius 1 is 0.744 bits per heavy atom. The number of ketones is 2. The standard InChI is InChI=1S/C34H41ClO4/c1-2-3-4-5-6-7-8-9-10-15-30(36)39-34-31(32(37)28-13-11-12-14-29(28)33(34)38)26-18-16-24(17-19-26)25-20-22-27(35)23-21-25/h11-14,20-24,26H,2-10,15-19H2,1H3. The number of esters is 1. The van der Waals surface area contributed by atoms with E-state index in [1.54, 1.807) is 24.3 Å². The lowest BCUT2D eigenvalue weighted by Gasteiger charge is -2.32. The Balaban J connectivity index is 1.40. The van der Waals surface area contributed by atoms with Crippen molar-refractivity contribution in [3.8, 4) is 0 Å². The highest BCUT2D eigenvalue weighted by atomic mass is 35.5. The summed E-state index contributed by atoms with van der Waals surface area (Å²) < 4.78 is 5.75. The van der Waals surface area contributed by atoms with Gasteiger partial charge in [0.15, 0.2) is 11.5 Å². The minimum atomic E-state index is -0.416. The fourth-order valence-corrected chi connectivity index (χ4v) is 6.17. The summed E-state index contributed by atoms with van der Waals surface area (Å²) in [4.78, 5) is 40.0. The van der Waals surface area contributed by atoms with E-state index in [1.807, 2.05) is 12.1 Å². The Morgan fingerprint density at radius 3 is 1.90 bits per heavy atom. The van der Waals surface area contributed by atoms with Crippen LogP contribution in [0.25, 0.3) is 0 Å². The molecule has 0 N–H and O–H groups in total. The smallest absolute Gasteiger partial charge is 0.311 e. The minimum absolute atomic E-state index is 0.0328. The zero-order valence-electron chi connectivity index (χ0n) is 23.2. The quantitative estimate of drug-likeness (QED) is 0.185. The van der Waals surface area contributed by atoms with Gasteiger partial charge in [-0.3, -0.25) is 14.4 Å². The molecule has 0 aromatic heterocycles. The molecule has 2 aromatic carbocycles. The number of halogens is 1. The Labute approximate surface area is 238 Å². The van der Waals surface area contributed by atoms with Gasteiger partial charge in [0.2, 0.25) is 5.78 Å². The summed E-state index contributed by atoms with van der Waals surface area (Å²) in [5.74, 6) is -0.686. The number of unbranched alkanes of at least 4 members (excludes halogenated alkanes) is 8. The van der Waals surface area contributed by atoms with E-state index >= 15 is 0 Å². The summed E-state index contributed by atoms with van der Waals surface area (Å²) in [7, 11) is 0. The molecule has 0 saturated heterocycles. The van der Waals surface area contributed by atoms with Crippen molar-refractivity contribution in [3.05, 3.63) is 81.6 Å². The second kappa shape index (κ2) is 14.6. The highest BCUT2D eigenvalue weighted by Gasteiger charge is 2.39. The van der Waals surface area contributed by atoms with Gasteiger partial charge in [-0.2, -0.15) is 0 Å². The minimum Gasteiger partial charge on any atom is -0.422 e. The highest BCUT2D eigenvalue weighted by molar-refractivity contribution is 6.30. The molecular weight excluding hydrogens is 508 g/mol. The lowest BCUT2D eigenvalue weighted by atomic mass is 9.72. The lowest BCUT2D eigenvalue weighted by molar-refractivity contribution is -0.139. The maximum absolute atomic E-state index is 13.7. The number of carbonyl (C=O) groups is 3. The number of rotatable bonds is 13. The molecule has 2 aliphatic rings. The summed E-state index contributed by atoms with van der Waals surface area (Å²) in [6.45, 7) is 2.22. The first-order valence-electron chi connectivity index (χ1n) is 14.9. The Hall–Kier alpha value is -2.72. The van der Waals surface area contributed by atoms with Crippen molar-refractivity contribution >= 4 is 29.1 Å². The molecule has 0 bridgehead atoms. The second-order valence-electron chi connectivity index (χ2n) is 11.1. The van der Waals surface area contributed by atoms with E-state index in [2.05, 4.69) is 19.1 Å². The number of carbonyl (C=O) groups excluding carboxylic acids is 3. The predicted molar refractivity (Wildman–Crippen MR) is 156 cm³/mol. The number of hydrogen-bond donors (Lipinski definition) is 0. The van der Waals surface area contributed by atoms with E-state index in [0.29, 0.717) is 22.6 Å². The van der Waals surface area contributed by atoms with Crippen LogP contribution >= 0.6 is 11.6 Å². The summed E-state index contributed by atoms with van der Waals surface area (Å²) in [5, 5.41) is 0.719. The molecule has 4 rings (SSSR count). The SMILES string of the molecule is CCCCCCCCCCCC(=O)OC1=C(C2CCC(c3ccc(Cl)cc3)CC2)C(=O)c2ccccc2C1=O. The van der Waals surface area contributed by atoms with Crippen LogP contribution in [0.5, 0.6) is 0 Å². The normalized spacial score (nSPS) is 19.2. The third-order valence-electron chi connectivity index (χ3n) is 8.29. The average Bonchev–Trinajstić information content (AvgIpc) is 2.96. The van der Waals surface area contributed by atoms with Gasteiger partial charge in [-0.25, -0.2) is 0 Å². The Morgan fingerprint density at radius 2 is 1.28 bits per heavy atom. The molecule has 0 radical (unpaired) electrons. The largest absolute Gasteiger partial charge is 0.422 e. The van der Waals surface area contributed by atoms with Crippen molar-refractivity contribution < 1.29 is 19.1 Å². The molecule has 1 fully saturated rings. The lowest BCUT2D eigenvalue weighted by Crippen LogP contribution is -2.30. The number of fused-ring (bicyclic) bond motifs is 1. The van der Waals surface area contributed by atoms with Crippen molar-refractivity contribution in [1.82, 2.24) is 0 Å². The van der Waals surface area contributed by atoms with Crippen LogP contribution in [0.2, 0.25) is 5.02 Å². The van der Waals surface area contributed by atoms with Crippen molar-refractivity contribution in [3.63, 3.8) is 0 Å². The van der Waals surface area contributed by atoms with Crippen LogP contribution in [0.4, 0.5) is 0 Å². The van der Waals surface area contributed by atoms with E-state index in [1.165, 1.54) is 44.1 Å². The van der Waals surface area contributed by atoms with Gasteiger partial charge in [-0.1, -0.05) is 106 Å². The van der Waals surface area contributed by atoms with Gasteiger partial charge in [-0.05, 0) is 61.6 Å². The first-order chi connectivity index (χ1) is 19.0. The van der Waals surface area contributed by atoms with E-state index in [4.69, 9.17) is 16.3 Å². The van der Waals surface area contributed by atoms with Gasteiger partial charge in [-0.15, -0.1) is 0 Å². The zero-order valence-corrected chi connectivity index (χ0v) is 23.9. The third-order valence-corrected chi connectivity index (χ3v) is 8.54. The molecule has 39 heavy (non-hydrogen) atoms. The van der Waals surface area contributed by atoms with Crippen molar-refractivity contribution in [1.29, 1.82) is 0 Å². The first kappa shape index (κ1) is 29.3. The third kappa shape index (κ3) is 7.69. The van der Waals surface area contributed by atoms with Crippen LogP contribution in [0, 0.1) is 5.92 Å². The monoisotopic (exact) mass is 548 g/mol. The summed E-state index contributed by atoms with van der Waals surface area (Å²) in [6.07, 6.45) is 14.0. The summed E-state index contributed by atoms with van der Waals surface area (Å²) >= 11 is 6.06. The molecule has 0 aliphatic heterocycles. The maximum atomic E-state index is 13.7. The molecule has 2 aliphatic carbocycles. The van der Waals surface area contributed by atoms with E-state index in [0.717, 1.165) is 50.0 Å². The highest BCUT2D eigenvalue weighted by Crippen LogP contribution is 2.42. The van der Waals surface area contributed by atoms with Crippen molar-refractivity contribution in [2.24, 2.45) is 5.92 Å². The maximum Gasteiger partial charge on any atom is 0.311 e. The van der Waals surface area contributed by atoms with Crippen molar-refractivity contribution in [2.75, 3.05) is 0 Å². The number of benzene rings is 2. The van der Waals surface area contributed by atoms with E-state index in [9.17, 15) is 14.4 Å². The van der Waals surface area contributed by atoms with Gasteiger partial charge >= 0.3 is 5.97 Å². The molecule has 2 aromatic rings. The second-order valence-corrected chi connectivity index (χ2v) is 11.5. The number of Topliss-reactive ketones (excluding diaryl/α,β-unsaturated/α-hetero) is 2. The van der Waals surface area contributed by atoms with Crippen LogP contribution in [-0.2, 0) is 9.53 Å². The number of hydrogen-bond acceptors (Lipinski definition) is 4. The fraction of sp³-hybridized carbons (Fsp3) is 0.500. The van der Waals surface area contributed by atoms with Gasteiger partial charge < -0.3 is 4.74 Å². The van der Waals surface area contributed by atoms with Gasteiger partial charge in [0.1, 0.15) is 0 Å². The fourth-order valence-electron chi connectivity index (χ4n) is 6.04. The molecule has 0 spiro atoms. The molecule has 0 unspecified atom stereocenters. The Kier molecular flexibility index (Phi) is 11.0. The first-order valence-corrected chi connectivity index (χ1v) is 15.3.